The fourth-order valence-electron chi connectivity index (χ4n) is 2.50. The van der Waals surface area contributed by atoms with Crippen molar-refractivity contribution in [3.05, 3.63) is 58.2 Å². The van der Waals surface area contributed by atoms with Gasteiger partial charge < -0.3 is 0 Å². The molecule has 0 radical (unpaired) electrons. The van der Waals surface area contributed by atoms with Crippen molar-refractivity contribution in [3.8, 4) is 11.1 Å². The summed E-state index contributed by atoms with van der Waals surface area (Å²) in [6.07, 6.45) is 8.62. The van der Waals surface area contributed by atoms with Crippen molar-refractivity contribution in [3.63, 3.8) is 0 Å². The zero-order valence-corrected chi connectivity index (χ0v) is 17.5. The first-order valence-electron chi connectivity index (χ1n) is 9.26. The van der Waals surface area contributed by atoms with E-state index in [1.54, 1.807) is 0 Å². The molecule has 0 amide bonds. The maximum absolute atomic E-state index is 13.4. The molecule has 0 aromatic heterocycles. The quantitative estimate of drug-likeness (QED) is 0.124. The maximum Gasteiger partial charge on any atom is 0.200 e. The minimum Gasteiger partial charge on any atom is -0.203 e. The molecular formula is C20H19F10P. The Morgan fingerprint density at radius 2 is 0.774 bits per heavy atom. The van der Waals surface area contributed by atoms with E-state index in [0.717, 1.165) is 0 Å². The molecule has 0 saturated heterocycles. The summed E-state index contributed by atoms with van der Waals surface area (Å²) >= 11 is 0. The van der Waals surface area contributed by atoms with Gasteiger partial charge in [-0.3, -0.25) is 0 Å². The van der Waals surface area contributed by atoms with Crippen LogP contribution in [0.5, 0.6) is 0 Å². The number of benzene rings is 2. The smallest absolute Gasteiger partial charge is 0.200 e. The van der Waals surface area contributed by atoms with Crippen LogP contribution in [-0.2, 0) is 0 Å². The van der Waals surface area contributed by atoms with E-state index in [1.807, 2.05) is 0 Å². The molecule has 0 aliphatic rings. The van der Waals surface area contributed by atoms with Crippen LogP contribution in [0.2, 0.25) is 0 Å². The summed E-state index contributed by atoms with van der Waals surface area (Å²) in [6, 6.07) is 0. The molecule has 0 nitrogen and oxygen atoms in total. The molecule has 0 bridgehead atoms. The summed E-state index contributed by atoms with van der Waals surface area (Å²) < 4.78 is 131. The first kappa shape index (κ1) is 27.2. The molecule has 0 spiro atoms. The highest BCUT2D eigenvalue weighted by Crippen LogP contribution is 2.37. The molecule has 0 aliphatic carbocycles. The molecule has 0 N–H and O–H groups in total. The fourth-order valence-corrected chi connectivity index (χ4v) is 3.36. The van der Waals surface area contributed by atoms with Crippen LogP contribution in [0.1, 0.15) is 39.5 Å². The maximum atomic E-state index is 13.4. The Morgan fingerprint density at radius 3 is 1.06 bits per heavy atom. The van der Waals surface area contributed by atoms with E-state index in [0.29, 0.717) is 0 Å². The van der Waals surface area contributed by atoms with Crippen LogP contribution in [0.25, 0.3) is 11.1 Å². The van der Waals surface area contributed by atoms with E-state index in [1.165, 1.54) is 46.6 Å². The van der Waals surface area contributed by atoms with Gasteiger partial charge in [-0.05, 0) is 18.7 Å². The predicted molar refractivity (Wildman–Crippen MR) is 99.3 cm³/mol. The lowest BCUT2D eigenvalue weighted by molar-refractivity contribution is 0.370. The van der Waals surface area contributed by atoms with E-state index in [9.17, 15) is 43.9 Å². The standard InChI is InChI=1S/C12F10.C8H19P/c13-3-1(4(14)8(18)11(21)7(3)17)2-5(15)9(19)12(22)10(20)6(2)16;1-3-5-6-7-8-9-4-2/h;9H,3-8H2,1-2H3. The first-order chi connectivity index (χ1) is 14.5. The Labute approximate surface area is 174 Å². The summed E-state index contributed by atoms with van der Waals surface area (Å²) in [6.45, 7) is 4.54. The van der Waals surface area contributed by atoms with Crippen LogP contribution in [0.3, 0.4) is 0 Å². The van der Waals surface area contributed by atoms with Gasteiger partial charge in [0.15, 0.2) is 46.5 Å². The fraction of sp³-hybridized carbons (Fsp3) is 0.400. The minimum absolute atomic E-state index is 1.23. The summed E-state index contributed by atoms with van der Waals surface area (Å²) in [7, 11) is 1.23. The summed E-state index contributed by atoms with van der Waals surface area (Å²) in [5.41, 5.74) is -4.52. The lowest BCUT2D eigenvalue weighted by Crippen LogP contribution is -2.10. The molecule has 11 heteroatoms. The van der Waals surface area contributed by atoms with Crippen molar-refractivity contribution in [2.24, 2.45) is 0 Å². The zero-order chi connectivity index (χ0) is 23.9. The van der Waals surface area contributed by atoms with E-state index in [2.05, 4.69) is 13.8 Å². The Hall–Kier alpha value is -1.83. The van der Waals surface area contributed by atoms with Crippen molar-refractivity contribution < 1.29 is 43.9 Å². The average molecular weight is 480 g/mol. The van der Waals surface area contributed by atoms with Gasteiger partial charge in [-0.1, -0.05) is 33.1 Å². The van der Waals surface area contributed by atoms with Crippen molar-refractivity contribution in [1.29, 1.82) is 0 Å². The second kappa shape index (κ2) is 12.3. The second-order valence-corrected chi connectivity index (χ2v) is 8.01. The summed E-state index contributed by atoms with van der Waals surface area (Å²) in [5, 5.41) is 0. The van der Waals surface area contributed by atoms with Crippen LogP contribution in [0.15, 0.2) is 0 Å². The van der Waals surface area contributed by atoms with Gasteiger partial charge in [0.05, 0.1) is 11.1 Å². The third-order valence-corrected chi connectivity index (χ3v) is 5.33. The SMILES string of the molecule is CCCCCCPCC.Fc1c(F)c(F)c(-c2c(F)c(F)c(F)c(F)c2F)c(F)c1F. The molecule has 2 aromatic carbocycles. The highest BCUT2D eigenvalue weighted by atomic mass is 31.1. The van der Waals surface area contributed by atoms with Crippen LogP contribution in [0.4, 0.5) is 43.9 Å². The number of rotatable bonds is 7. The molecule has 0 fully saturated rings. The molecule has 31 heavy (non-hydrogen) atoms. The minimum atomic E-state index is -2.68. The Morgan fingerprint density at radius 1 is 0.452 bits per heavy atom. The van der Waals surface area contributed by atoms with E-state index in [-0.39, 0.29) is 0 Å². The van der Waals surface area contributed by atoms with Gasteiger partial charge in [0.2, 0.25) is 11.6 Å². The van der Waals surface area contributed by atoms with Gasteiger partial charge in [-0.25, -0.2) is 43.9 Å². The molecule has 174 valence electrons. The van der Waals surface area contributed by atoms with Crippen LogP contribution < -0.4 is 0 Å². The highest BCUT2D eigenvalue weighted by molar-refractivity contribution is 7.37. The second-order valence-electron chi connectivity index (χ2n) is 6.30. The first-order valence-corrected chi connectivity index (χ1v) is 10.7. The average Bonchev–Trinajstić information content (AvgIpc) is 2.76. The van der Waals surface area contributed by atoms with Gasteiger partial charge in [0.1, 0.15) is 0 Å². The van der Waals surface area contributed by atoms with E-state index in [4.69, 9.17) is 0 Å². The van der Waals surface area contributed by atoms with Crippen LogP contribution in [0, 0.1) is 58.2 Å². The molecular weight excluding hydrogens is 461 g/mol. The van der Waals surface area contributed by atoms with Gasteiger partial charge in [0.25, 0.3) is 0 Å². The Bertz CT molecular complexity index is 782. The van der Waals surface area contributed by atoms with Crippen molar-refractivity contribution in [1.82, 2.24) is 0 Å². The summed E-state index contributed by atoms with van der Waals surface area (Å²) in [4.78, 5) is 0. The molecule has 2 rings (SSSR count). The lowest BCUT2D eigenvalue weighted by Gasteiger charge is -2.11. The monoisotopic (exact) mass is 480 g/mol. The Balaban J connectivity index is 0.000000452. The topological polar surface area (TPSA) is 0 Å². The molecule has 0 saturated carbocycles. The van der Waals surface area contributed by atoms with Gasteiger partial charge in [0, 0.05) is 0 Å². The molecule has 0 heterocycles. The number of hydrogen-bond acceptors (Lipinski definition) is 0. The number of halogens is 10. The molecule has 0 aliphatic heterocycles. The van der Waals surface area contributed by atoms with Gasteiger partial charge in [-0.15, -0.1) is 8.58 Å². The third kappa shape index (κ3) is 6.11. The largest absolute Gasteiger partial charge is 0.203 e. The predicted octanol–water partition coefficient (Wildman–Crippen LogP) is 8.01. The van der Waals surface area contributed by atoms with E-state index >= 15 is 0 Å². The number of unbranched alkanes of at least 4 members (excludes halogenated alkanes) is 3. The van der Waals surface area contributed by atoms with Crippen LogP contribution >= 0.6 is 8.58 Å². The lowest BCUT2D eigenvalue weighted by atomic mass is 10.0. The molecule has 1 atom stereocenters. The third-order valence-electron chi connectivity index (χ3n) is 4.13. The van der Waals surface area contributed by atoms with Gasteiger partial charge >= 0.3 is 0 Å². The zero-order valence-electron chi connectivity index (χ0n) is 16.5. The van der Waals surface area contributed by atoms with Crippen molar-refractivity contribution >= 4 is 8.58 Å². The number of hydrogen-bond donors (Lipinski definition) is 0. The van der Waals surface area contributed by atoms with Gasteiger partial charge in [-0.2, -0.15) is 0 Å². The van der Waals surface area contributed by atoms with E-state index < -0.39 is 69.3 Å². The van der Waals surface area contributed by atoms with Crippen molar-refractivity contribution in [2.75, 3.05) is 12.3 Å². The van der Waals surface area contributed by atoms with Crippen molar-refractivity contribution in [2.45, 2.75) is 39.5 Å². The molecule has 1 unspecified atom stereocenters. The molecule has 2 aromatic rings. The Kier molecular flexibility index (Phi) is 10.8. The highest BCUT2D eigenvalue weighted by Gasteiger charge is 2.34. The normalized spacial score (nSPS) is 11.2. The van der Waals surface area contributed by atoms with Crippen LogP contribution in [-0.4, -0.2) is 12.3 Å². The summed E-state index contributed by atoms with van der Waals surface area (Å²) in [5.74, 6) is -26.6.